The Labute approximate surface area is 156 Å². The first-order chi connectivity index (χ1) is 12.7. The van der Waals surface area contributed by atoms with E-state index in [1.807, 2.05) is 42.2 Å². The maximum atomic E-state index is 13.3. The summed E-state index contributed by atoms with van der Waals surface area (Å²) < 4.78 is 0. The van der Waals surface area contributed by atoms with Gasteiger partial charge in [-0.2, -0.15) is 0 Å². The number of rotatable bonds is 4. The SMILES string of the molecule is CCC(=O)N1CCCC1C(=O)N(CC#Cc1ccccc1)C1CCCC1. The summed E-state index contributed by atoms with van der Waals surface area (Å²) >= 11 is 0. The molecular formula is C22H28N2O2. The fourth-order valence-electron chi connectivity index (χ4n) is 4.07. The van der Waals surface area contributed by atoms with E-state index in [-0.39, 0.29) is 23.9 Å². The number of amides is 2. The van der Waals surface area contributed by atoms with Crippen molar-refractivity contribution >= 4 is 11.8 Å². The Kier molecular flexibility index (Phi) is 6.33. The van der Waals surface area contributed by atoms with Crippen LogP contribution >= 0.6 is 0 Å². The quantitative estimate of drug-likeness (QED) is 0.781. The second-order valence-electron chi connectivity index (χ2n) is 7.17. The molecule has 1 saturated heterocycles. The first-order valence-corrected chi connectivity index (χ1v) is 9.84. The van der Waals surface area contributed by atoms with Gasteiger partial charge < -0.3 is 9.80 Å². The lowest BCUT2D eigenvalue weighted by atomic mass is 10.1. The van der Waals surface area contributed by atoms with Gasteiger partial charge in [-0.15, -0.1) is 0 Å². The first-order valence-electron chi connectivity index (χ1n) is 9.84. The van der Waals surface area contributed by atoms with Crippen molar-refractivity contribution in [2.24, 2.45) is 0 Å². The lowest BCUT2D eigenvalue weighted by molar-refractivity contribution is -0.144. The summed E-state index contributed by atoms with van der Waals surface area (Å²) in [6.45, 7) is 3.02. The van der Waals surface area contributed by atoms with E-state index < -0.39 is 0 Å². The van der Waals surface area contributed by atoms with Crippen LogP contribution in [0, 0.1) is 11.8 Å². The molecule has 2 fully saturated rings. The maximum absolute atomic E-state index is 13.3. The highest BCUT2D eigenvalue weighted by Crippen LogP contribution is 2.27. The molecule has 2 amide bonds. The fourth-order valence-corrected chi connectivity index (χ4v) is 4.07. The van der Waals surface area contributed by atoms with Gasteiger partial charge in [-0.25, -0.2) is 0 Å². The molecule has 0 aromatic heterocycles. The maximum Gasteiger partial charge on any atom is 0.246 e. The number of benzene rings is 1. The molecule has 138 valence electrons. The molecule has 26 heavy (non-hydrogen) atoms. The summed E-state index contributed by atoms with van der Waals surface area (Å²) in [6, 6.07) is 9.85. The lowest BCUT2D eigenvalue weighted by Crippen LogP contribution is -2.50. The topological polar surface area (TPSA) is 40.6 Å². The molecule has 0 bridgehead atoms. The van der Waals surface area contributed by atoms with Crippen molar-refractivity contribution in [3.63, 3.8) is 0 Å². The number of carbonyl (C=O) groups is 2. The third-order valence-corrected chi connectivity index (χ3v) is 5.47. The van der Waals surface area contributed by atoms with Crippen LogP contribution in [0.3, 0.4) is 0 Å². The van der Waals surface area contributed by atoms with Crippen molar-refractivity contribution in [1.82, 2.24) is 9.80 Å². The predicted octanol–water partition coefficient (Wildman–Crippen LogP) is 3.21. The molecule has 1 aromatic carbocycles. The second-order valence-corrected chi connectivity index (χ2v) is 7.17. The molecule has 4 heteroatoms. The molecule has 1 atom stereocenters. The van der Waals surface area contributed by atoms with Gasteiger partial charge in [0, 0.05) is 24.6 Å². The molecule has 1 saturated carbocycles. The van der Waals surface area contributed by atoms with Crippen molar-refractivity contribution in [3.05, 3.63) is 35.9 Å². The van der Waals surface area contributed by atoms with E-state index in [1.54, 1.807) is 4.90 Å². The molecule has 0 radical (unpaired) electrons. The number of likely N-dealkylation sites (tertiary alicyclic amines) is 1. The number of hydrogen-bond acceptors (Lipinski definition) is 2. The highest BCUT2D eigenvalue weighted by atomic mass is 16.2. The van der Waals surface area contributed by atoms with Crippen LogP contribution in [0.15, 0.2) is 30.3 Å². The van der Waals surface area contributed by atoms with Crippen molar-refractivity contribution < 1.29 is 9.59 Å². The molecule has 1 heterocycles. The van der Waals surface area contributed by atoms with Crippen LogP contribution in [0.2, 0.25) is 0 Å². The minimum absolute atomic E-state index is 0.0857. The van der Waals surface area contributed by atoms with E-state index in [4.69, 9.17) is 0 Å². The highest BCUT2D eigenvalue weighted by molar-refractivity contribution is 5.88. The summed E-state index contributed by atoms with van der Waals surface area (Å²) in [5.74, 6) is 6.54. The zero-order valence-corrected chi connectivity index (χ0v) is 15.6. The van der Waals surface area contributed by atoms with E-state index in [2.05, 4.69) is 11.8 Å². The van der Waals surface area contributed by atoms with Crippen LogP contribution in [0.5, 0.6) is 0 Å². The monoisotopic (exact) mass is 352 g/mol. The van der Waals surface area contributed by atoms with Crippen LogP contribution in [-0.4, -0.2) is 46.8 Å². The summed E-state index contributed by atoms with van der Waals surface area (Å²) in [4.78, 5) is 29.2. The Bertz CT molecular complexity index is 683. The largest absolute Gasteiger partial charge is 0.331 e. The molecule has 0 N–H and O–H groups in total. The van der Waals surface area contributed by atoms with Gasteiger partial charge in [0.05, 0.1) is 6.54 Å². The minimum Gasteiger partial charge on any atom is -0.331 e. The average molecular weight is 352 g/mol. The van der Waals surface area contributed by atoms with Crippen molar-refractivity contribution in [2.75, 3.05) is 13.1 Å². The summed E-state index contributed by atoms with van der Waals surface area (Å²) in [5.41, 5.74) is 0.968. The fraction of sp³-hybridized carbons (Fsp3) is 0.545. The summed E-state index contributed by atoms with van der Waals surface area (Å²) in [6.07, 6.45) is 6.59. The molecule has 3 rings (SSSR count). The van der Waals surface area contributed by atoms with Crippen molar-refractivity contribution in [2.45, 2.75) is 64.0 Å². The van der Waals surface area contributed by atoms with E-state index in [0.717, 1.165) is 31.2 Å². The van der Waals surface area contributed by atoms with Gasteiger partial charge in [-0.3, -0.25) is 9.59 Å². The third-order valence-electron chi connectivity index (χ3n) is 5.47. The zero-order chi connectivity index (χ0) is 18.4. The Hall–Kier alpha value is -2.28. The molecule has 1 aliphatic carbocycles. The van der Waals surface area contributed by atoms with Gasteiger partial charge >= 0.3 is 0 Å². The Balaban J connectivity index is 1.74. The number of hydrogen-bond donors (Lipinski definition) is 0. The average Bonchev–Trinajstić information content (AvgIpc) is 3.36. The summed E-state index contributed by atoms with van der Waals surface area (Å²) in [5, 5.41) is 0. The summed E-state index contributed by atoms with van der Waals surface area (Å²) in [7, 11) is 0. The van der Waals surface area contributed by atoms with Gasteiger partial charge in [0.1, 0.15) is 6.04 Å². The number of nitrogens with zero attached hydrogens (tertiary/aromatic N) is 2. The Morgan fingerprint density at radius 3 is 2.54 bits per heavy atom. The van der Waals surface area contributed by atoms with Gasteiger partial charge in [0.2, 0.25) is 11.8 Å². The Morgan fingerprint density at radius 1 is 1.12 bits per heavy atom. The third kappa shape index (κ3) is 4.27. The standard InChI is InChI=1S/C22H28N2O2/c1-2-21(25)24-17-9-15-20(24)22(26)23(19-13-6-7-14-19)16-8-12-18-10-4-3-5-11-18/h3-5,10-11,19-20H,2,6-7,9,13-17H2,1H3. The van der Waals surface area contributed by atoms with Crippen LogP contribution in [0.4, 0.5) is 0 Å². The molecule has 1 aromatic rings. The smallest absolute Gasteiger partial charge is 0.246 e. The minimum atomic E-state index is -0.290. The van der Waals surface area contributed by atoms with E-state index in [9.17, 15) is 9.59 Å². The first kappa shape index (κ1) is 18.5. The van der Waals surface area contributed by atoms with Crippen molar-refractivity contribution in [3.8, 4) is 11.8 Å². The van der Waals surface area contributed by atoms with Gasteiger partial charge in [-0.05, 0) is 37.8 Å². The predicted molar refractivity (Wildman–Crippen MR) is 102 cm³/mol. The molecular weight excluding hydrogens is 324 g/mol. The van der Waals surface area contributed by atoms with E-state index in [0.29, 0.717) is 19.5 Å². The zero-order valence-electron chi connectivity index (χ0n) is 15.6. The van der Waals surface area contributed by atoms with Crippen LogP contribution in [0.25, 0.3) is 0 Å². The highest BCUT2D eigenvalue weighted by Gasteiger charge is 2.38. The van der Waals surface area contributed by atoms with E-state index >= 15 is 0 Å². The molecule has 0 spiro atoms. The molecule has 2 aliphatic rings. The van der Waals surface area contributed by atoms with Crippen LogP contribution in [-0.2, 0) is 9.59 Å². The van der Waals surface area contributed by atoms with Gasteiger partial charge in [0.15, 0.2) is 0 Å². The van der Waals surface area contributed by atoms with Crippen LogP contribution < -0.4 is 0 Å². The Morgan fingerprint density at radius 2 is 1.85 bits per heavy atom. The molecule has 1 aliphatic heterocycles. The van der Waals surface area contributed by atoms with Gasteiger partial charge in [0.25, 0.3) is 0 Å². The van der Waals surface area contributed by atoms with Crippen LogP contribution in [0.1, 0.15) is 57.4 Å². The lowest BCUT2D eigenvalue weighted by Gasteiger charge is -2.33. The number of carbonyl (C=O) groups excluding carboxylic acids is 2. The van der Waals surface area contributed by atoms with Gasteiger partial charge in [-0.1, -0.05) is 49.8 Å². The van der Waals surface area contributed by atoms with Crippen molar-refractivity contribution in [1.29, 1.82) is 0 Å². The normalized spacial score (nSPS) is 19.9. The molecule has 1 unspecified atom stereocenters. The second kappa shape index (κ2) is 8.89. The molecule has 4 nitrogen and oxygen atoms in total. The van der Waals surface area contributed by atoms with E-state index in [1.165, 1.54) is 12.8 Å².